The second kappa shape index (κ2) is 3.69. The standard InChI is InChI=1S/C4H8ClNO2/c5-3(2-7)1-4(6)8/h3,7H,1-2H2,(H2,6,8)/t3-/m0/s1. The molecule has 0 unspecified atom stereocenters. The molecule has 0 rings (SSSR count). The van der Waals surface area contributed by atoms with Gasteiger partial charge in [-0.2, -0.15) is 0 Å². The molecule has 0 aliphatic carbocycles. The summed E-state index contributed by atoms with van der Waals surface area (Å²) in [6.45, 7) is -0.204. The molecule has 0 saturated heterocycles. The van der Waals surface area contributed by atoms with Crippen LogP contribution < -0.4 is 5.73 Å². The monoisotopic (exact) mass is 137 g/mol. The lowest BCUT2D eigenvalue weighted by Crippen LogP contribution is -2.18. The molecule has 0 saturated carbocycles. The van der Waals surface area contributed by atoms with Crippen molar-refractivity contribution in [3.63, 3.8) is 0 Å². The zero-order valence-electron chi connectivity index (χ0n) is 4.30. The number of halogens is 1. The maximum atomic E-state index is 10.00. The molecular weight excluding hydrogens is 130 g/mol. The number of carbonyl (C=O) groups is 1. The Morgan fingerprint density at radius 3 is 2.50 bits per heavy atom. The third-order valence-electron chi connectivity index (χ3n) is 0.621. The number of carbonyl (C=O) groups excluding carboxylic acids is 1. The van der Waals surface area contributed by atoms with Crippen LogP contribution in [0.15, 0.2) is 0 Å². The van der Waals surface area contributed by atoms with E-state index in [9.17, 15) is 4.79 Å². The van der Waals surface area contributed by atoms with Gasteiger partial charge in [0.15, 0.2) is 0 Å². The van der Waals surface area contributed by atoms with Crippen LogP contribution in [0.1, 0.15) is 6.42 Å². The zero-order chi connectivity index (χ0) is 6.57. The lowest BCUT2D eigenvalue weighted by molar-refractivity contribution is -0.118. The third-order valence-corrected chi connectivity index (χ3v) is 0.913. The van der Waals surface area contributed by atoms with Crippen LogP contribution in [0.3, 0.4) is 0 Å². The number of hydrogen-bond donors (Lipinski definition) is 2. The van der Waals surface area contributed by atoms with Crippen molar-refractivity contribution >= 4 is 17.5 Å². The van der Waals surface area contributed by atoms with Crippen molar-refractivity contribution in [1.82, 2.24) is 0 Å². The number of alkyl halides is 1. The average Bonchev–Trinajstić information content (AvgIpc) is 1.65. The van der Waals surface area contributed by atoms with Crippen molar-refractivity contribution in [1.29, 1.82) is 0 Å². The number of aliphatic hydroxyl groups excluding tert-OH is 1. The Morgan fingerprint density at radius 1 is 1.88 bits per heavy atom. The molecule has 0 aromatic rings. The number of rotatable bonds is 3. The maximum Gasteiger partial charge on any atom is 0.218 e. The molecular formula is C4H8ClNO2. The lowest BCUT2D eigenvalue weighted by atomic mass is 10.3. The first kappa shape index (κ1) is 7.72. The fraction of sp³-hybridized carbons (Fsp3) is 0.750. The summed E-state index contributed by atoms with van der Waals surface area (Å²) in [5.41, 5.74) is 4.73. The van der Waals surface area contributed by atoms with Crippen LogP contribution in [-0.2, 0) is 4.79 Å². The highest BCUT2D eigenvalue weighted by molar-refractivity contribution is 6.21. The van der Waals surface area contributed by atoms with Crippen molar-refractivity contribution in [2.75, 3.05) is 6.61 Å². The molecule has 3 nitrogen and oxygen atoms in total. The molecule has 0 aliphatic heterocycles. The fourth-order valence-corrected chi connectivity index (χ4v) is 0.435. The minimum absolute atomic E-state index is 0.0397. The number of aliphatic hydroxyl groups is 1. The molecule has 0 aromatic carbocycles. The van der Waals surface area contributed by atoms with Gasteiger partial charge in [-0.1, -0.05) is 0 Å². The van der Waals surface area contributed by atoms with Crippen LogP contribution in [0.5, 0.6) is 0 Å². The highest BCUT2D eigenvalue weighted by atomic mass is 35.5. The molecule has 4 heteroatoms. The van der Waals surface area contributed by atoms with Crippen molar-refractivity contribution in [3.05, 3.63) is 0 Å². The summed E-state index contributed by atoms with van der Waals surface area (Å²) < 4.78 is 0. The van der Waals surface area contributed by atoms with Crippen LogP contribution in [0.4, 0.5) is 0 Å². The first-order valence-corrected chi connectivity index (χ1v) is 2.63. The van der Waals surface area contributed by atoms with Gasteiger partial charge < -0.3 is 10.8 Å². The Labute approximate surface area is 52.4 Å². The summed E-state index contributed by atoms with van der Waals surface area (Å²) in [6.07, 6.45) is 0.0397. The van der Waals surface area contributed by atoms with Gasteiger partial charge in [-0.25, -0.2) is 0 Å². The van der Waals surface area contributed by atoms with Crippen LogP contribution in [-0.4, -0.2) is 23.0 Å². The Morgan fingerprint density at radius 2 is 2.38 bits per heavy atom. The lowest BCUT2D eigenvalue weighted by Gasteiger charge is -1.98. The quantitative estimate of drug-likeness (QED) is 0.514. The molecule has 1 amide bonds. The van der Waals surface area contributed by atoms with E-state index < -0.39 is 11.3 Å². The molecule has 48 valence electrons. The van der Waals surface area contributed by atoms with Gasteiger partial charge in [0.1, 0.15) is 0 Å². The molecule has 0 fully saturated rings. The van der Waals surface area contributed by atoms with Crippen molar-refractivity contribution in [2.24, 2.45) is 5.73 Å². The van der Waals surface area contributed by atoms with Gasteiger partial charge in [-0.05, 0) is 0 Å². The number of amides is 1. The highest BCUT2D eigenvalue weighted by Crippen LogP contribution is 1.97. The van der Waals surface area contributed by atoms with E-state index in [1.54, 1.807) is 0 Å². The Balaban J connectivity index is 3.24. The Hall–Kier alpha value is -0.280. The summed E-state index contributed by atoms with van der Waals surface area (Å²) in [4.78, 5) is 10.00. The van der Waals surface area contributed by atoms with E-state index in [1.807, 2.05) is 0 Å². The van der Waals surface area contributed by atoms with Crippen LogP contribution in [0, 0.1) is 0 Å². The molecule has 8 heavy (non-hydrogen) atoms. The second-order valence-electron chi connectivity index (χ2n) is 1.45. The maximum absolute atomic E-state index is 10.00. The SMILES string of the molecule is NC(=O)C[C@H](Cl)CO. The molecule has 0 radical (unpaired) electrons. The largest absolute Gasteiger partial charge is 0.395 e. The summed E-state index contributed by atoms with van der Waals surface area (Å²) in [5.74, 6) is -0.487. The molecule has 0 bridgehead atoms. The summed E-state index contributed by atoms with van der Waals surface area (Å²) in [6, 6.07) is 0. The van der Waals surface area contributed by atoms with Gasteiger partial charge in [-0.3, -0.25) is 4.79 Å². The van der Waals surface area contributed by atoms with Gasteiger partial charge in [-0.15, -0.1) is 11.6 Å². The van der Waals surface area contributed by atoms with E-state index in [4.69, 9.17) is 22.4 Å². The molecule has 1 atom stereocenters. The highest BCUT2D eigenvalue weighted by Gasteiger charge is 2.04. The number of primary amides is 1. The van der Waals surface area contributed by atoms with E-state index in [0.717, 1.165) is 0 Å². The van der Waals surface area contributed by atoms with E-state index in [0.29, 0.717) is 0 Å². The van der Waals surface area contributed by atoms with Gasteiger partial charge in [0, 0.05) is 6.42 Å². The summed E-state index contributed by atoms with van der Waals surface area (Å²) >= 11 is 5.31. The second-order valence-corrected chi connectivity index (χ2v) is 2.07. The molecule has 0 aliphatic rings. The first-order valence-electron chi connectivity index (χ1n) is 2.20. The number of nitrogens with two attached hydrogens (primary N) is 1. The van der Waals surface area contributed by atoms with E-state index in [-0.39, 0.29) is 13.0 Å². The fourth-order valence-electron chi connectivity index (χ4n) is 0.283. The molecule has 3 N–H and O–H groups in total. The predicted octanol–water partition coefficient (Wildman–Crippen LogP) is -0.539. The van der Waals surface area contributed by atoms with Crippen LogP contribution in [0.25, 0.3) is 0 Å². The topological polar surface area (TPSA) is 63.3 Å². The average molecular weight is 138 g/mol. The van der Waals surface area contributed by atoms with Gasteiger partial charge >= 0.3 is 0 Å². The summed E-state index contributed by atoms with van der Waals surface area (Å²) in [5, 5.41) is 7.72. The van der Waals surface area contributed by atoms with Crippen LogP contribution >= 0.6 is 11.6 Å². The van der Waals surface area contributed by atoms with Crippen LogP contribution in [0.2, 0.25) is 0 Å². The number of hydrogen-bond acceptors (Lipinski definition) is 2. The first-order chi connectivity index (χ1) is 3.66. The Kier molecular flexibility index (Phi) is 3.56. The van der Waals surface area contributed by atoms with Crippen molar-refractivity contribution in [2.45, 2.75) is 11.8 Å². The minimum Gasteiger partial charge on any atom is -0.395 e. The molecule has 0 aromatic heterocycles. The third kappa shape index (κ3) is 3.89. The molecule has 0 spiro atoms. The van der Waals surface area contributed by atoms with E-state index in [1.165, 1.54) is 0 Å². The summed E-state index contributed by atoms with van der Waals surface area (Å²) in [7, 11) is 0. The van der Waals surface area contributed by atoms with E-state index in [2.05, 4.69) is 0 Å². The Bertz CT molecular complexity index is 86.1. The smallest absolute Gasteiger partial charge is 0.218 e. The zero-order valence-corrected chi connectivity index (χ0v) is 5.06. The normalized spacial score (nSPS) is 13.2. The van der Waals surface area contributed by atoms with Crippen molar-refractivity contribution < 1.29 is 9.90 Å². The minimum atomic E-state index is -0.521. The van der Waals surface area contributed by atoms with Gasteiger partial charge in [0.05, 0.1) is 12.0 Å². The van der Waals surface area contributed by atoms with Gasteiger partial charge in [0.25, 0.3) is 0 Å². The van der Waals surface area contributed by atoms with E-state index >= 15 is 0 Å². The van der Waals surface area contributed by atoms with Gasteiger partial charge in [0.2, 0.25) is 5.91 Å². The van der Waals surface area contributed by atoms with Crippen molar-refractivity contribution in [3.8, 4) is 0 Å². The molecule has 0 heterocycles. The predicted molar refractivity (Wildman–Crippen MR) is 30.5 cm³/mol.